The first-order valence-corrected chi connectivity index (χ1v) is 6.63. The van der Waals surface area contributed by atoms with Crippen LogP contribution in [0.15, 0.2) is 34.7 Å². The average molecular weight is 291 g/mol. The number of benzene rings is 1. The fraction of sp³-hybridized carbons (Fsp3) is 0.100. The minimum absolute atomic E-state index is 0.0386. The summed E-state index contributed by atoms with van der Waals surface area (Å²) in [5.74, 6) is 0. The van der Waals surface area contributed by atoms with Crippen molar-refractivity contribution in [2.45, 2.75) is 4.90 Å². The van der Waals surface area contributed by atoms with Crippen LogP contribution in [-0.4, -0.2) is 15.0 Å². The lowest BCUT2D eigenvalue weighted by atomic mass is 10.2. The van der Waals surface area contributed by atoms with Crippen molar-refractivity contribution < 1.29 is 8.42 Å². The molecule has 0 radical (unpaired) electrons. The monoisotopic (exact) mass is 290 g/mol. The quantitative estimate of drug-likeness (QED) is 0.924. The molecule has 0 bridgehead atoms. The molecular weight excluding hydrogens is 283 g/mol. The number of nitrogens with one attached hydrogen (secondary N) is 1. The molecule has 0 saturated carbocycles. The summed E-state index contributed by atoms with van der Waals surface area (Å²) in [7, 11) is -3.80. The molecule has 90 valence electrons. The third-order valence-electron chi connectivity index (χ3n) is 1.80. The Morgan fingerprint density at radius 3 is 2.71 bits per heavy atom. The number of halogens is 2. The Morgan fingerprint density at radius 2 is 2.18 bits per heavy atom. The van der Waals surface area contributed by atoms with Crippen molar-refractivity contribution in [2.24, 2.45) is 0 Å². The van der Waals surface area contributed by atoms with Gasteiger partial charge in [-0.3, -0.25) is 0 Å². The van der Waals surface area contributed by atoms with E-state index in [2.05, 4.69) is 11.3 Å². The maximum absolute atomic E-state index is 11.8. The van der Waals surface area contributed by atoms with Crippen LogP contribution in [0.1, 0.15) is 5.56 Å². The molecule has 0 aliphatic rings. The highest BCUT2D eigenvalue weighted by molar-refractivity contribution is 7.89. The molecule has 1 aromatic carbocycles. The van der Waals surface area contributed by atoms with Gasteiger partial charge in [-0.25, -0.2) is 13.1 Å². The molecule has 0 aliphatic carbocycles. The highest BCUT2D eigenvalue weighted by Gasteiger charge is 2.18. The number of rotatable bonds is 4. The molecule has 7 heteroatoms. The van der Waals surface area contributed by atoms with Gasteiger partial charge in [0.1, 0.15) is 4.90 Å². The molecule has 1 rings (SSSR count). The molecule has 1 N–H and O–H groups in total. The zero-order chi connectivity index (χ0) is 13.1. The van der Waals surface area contributed by atoms with E-state index in [0.717, 1.165) is 0 Å². The van der Waals surface area contributed by atoms with E-state index in [1.54, 1.807) is 0 Å². The van der Waals surface area contributed by atoms with Crippen molar-refractivity contribution in [1.82, 2.24) is 4.72 Å². The third-order valence-corrected chi connectivity index (χ3v) is 3.82. The van der Waals surface area contributed by atoms with Crippen molar-refractivity contribution in [2.75, 3.05) is 6.54 Å². The maximum Gasteiger partial charge on any atom is 0.242 e. The Morgan fingerprint density at radius 1 is 1.53 bits per heavy atom. The number of nitrogens with zero attached hydrogens (tertiary/aromatic N) is 1. The average Bonchev–Trinajstić information content (AvgIpc) is 2.27. The molecule has 4 nitrogen and oxygen atoms in total. The van der Waals surface area contributed by atoms with Crippen LogP contribution in [0.2, 0.25) is 5.02 Å². The van der Waals surface area contributed by atoms with Crippen LogP contribution in [0.5, 0.6) is 0 Å². The lowest BCUT2D eigenvalue weighted by Gasteiger charge is -2.07. The number of hydrogen-bond acceptors (Lipinski definition) is 3. The van der Waals surface area contributed by atoms with Crippen LogP contribution >= 0.6 is 23.2 Å². The normalized spacial score (nSPS) is 10.9. The van der Waals surface area contributed by atoms with Gasteiger partial charge in [0.15, 0.2) is 0 Å². The summed E-state index contributed by atoms with van der Waals surface area (Å²) in [5, 5.41) is 8.89. The molecule has 0 unspecified atom stereocenters. The molecule has 0 amide bonds. The summed E-state index contributed by atoms with van der Waals surface area (Å²) in [5.41, 5.74) is 0.208. The van der Waals surface area contributed by atoms with Crippen LogP contribution in [0, 0.1) is 11.3 Å². The molecule has 0 aliphatic heterocycles. The topological polar surface area (TPSA) is 70.0 Å². The smallest absolute Gasteiger partial charge is 0.207 e. The van der Waals surface area contributed by atoms with Gasteiger partial charge in [0.05, 0.1) is 16.7 Å². The van der Waals surface area contributed by atoms with Gasteiger partial charge in [0, 0.05) is 11.6 Å². The fourth-order valence-corrected chi connectivity index (χ4v) is 2.72. The van der Waals surface area contributed by atoms with Gasteiger partial charge >= 0.3 is 0 Å². The lowest BCUT2D eigenvalue weighted by molar-refractivity contribution is 0.585. The minimum Gasteiger partial charge on any atom is -0.207 e. The van der Waals surface area contributed by atoms with Gasteiger partial charge < -0.3 is 0 Å². The van der Waals surface area contributed by atoms with E-state index < -0.39 is 10.0 Å². The van der Waals surface area contributed by atoms with Gasteiger partial charge in [-0.1, -0.05) is 29.8 Å². The van der Waals surface area contributed by atoms with E-state index in [1.807, 2.05) is 6.07 Å². The van der Waals surface area contributed by atoms with Gasteiger partial charge in [0.25, 0.3) is 0 Å². The highest BCUT2D eigenvalue weighted by atomic mass is 35.5. The Hall–Kier alpha value is -1.06. The Bertz CT molecular complexity index is 591. The molecular formula is C10H8Cl2N2O2S. The Labute approximate surface area is 110 Å². The van der Waals surface area contributed by atoms with E-state index in [-0.39, 0.29) is 27.1 Å². The summed E-state index contributed by atoms with van der Waals surface area (Å²) < 4.78 is 25.9. The zero-order valence-corrected chi connectivity index (χ0v) is 10.9. The molecule has 17 heavy (non-hydrogen) atoms. The summed E-state index contributed by atoms with van der Waals surface area (Å²) in [6, 6.07) is 5.82. The van der Waals surface area contributed by atoms with Crippen molar-refractivity contribution in [3.8, 4) is 6.07 Å². The third kappa shape index (κ3) is 3.72. The molecule has 0 spiro atoms. The predicted octanol–water partition coefficient (Wildman–Crippen LogP) is 2.24. The van der Waals surface area contributed by atoms with E-state index in [1.165, 1.54) is 18.2 Å². The summed E-state index contributed by atoms with van der Waals surface area (Å²) in [6.45, 7) is 3.26. The highest BCUT2D eigenvalue weighted by Crippen LogP contribution is 2.22. The van der Waals surface area contributed by atoms with E-state index in [0.29, 0.717) is 0 Å². The van der Waals surface area contributed by atoms with Crippen LogP contribution in [0.4, 0.5) is 0 Å². The molecule has 0 fully saturated rings. The van der Waals surface area contributed by atoms with E-state index >= 15 is 0 Å². The summed E-state index contributed by atoms with van der Waals surface area (Å²) >= 11 is 11.2. The molecule has 1 aromatic rings. The summed E-state index contributed by atoms with van der Waals surface area (Å²) in [4.78, 5) is -0.156. The first-order valence-electron chi connectivity index (χ1n) is 4.39. The first kappa shape index (κ1) is 14.0. The Kier molecular flexibility index (Phi) is 4.54. The Balaban J connectivity index is 3.15. The minimum atomic E-state index is -3.80. The molecule has 0 heterocycles. The zero-order valence-electron chi connectivity index (χ0n) is 8.57. The van der Waals surface area contributed by atoms with Crippen LogP contribution in [0.3, 0.4) is 0 Å². The number of hydrogen-bond donors (Lipinski definition) is 1. The fourth-order valence-electron chi connectivity index (χ4n) is 1.03. The predicted molar refractivity (Wildman–Crippen MR) is 66.3 cm³/mol. The number of sulfonamides is 1. The number of nitriles is 1. The second kappa shape index (κ2) is 5.52. The largest absolute Gasteiger partial charge is 0.242 e. The summed E-state index contributed by atoms with van der Waals surface area (Å²) in [6.07, 6.45) is 0. The van der Waals surface area contributed by atoms with E-state index in [4.69, 9.17) is 28.5 Å². The molecule has 0 atom stereocenters. The van der Waals surface area contributed by atoms with Gasteiger partial charge in [0.2, 0.25) is 10.0 Å². The van der Waals surface area contributed by atoms with Crippen LogP contribution in [-0.2, 0) is 10.0 Å². The van der Waals surface area contributed by atoms with E-state index in [9.17, 15) is 8.42 Å². The second-order valence-electron chi connectivity index (χ2n) is 3.10. The van der Waals surface area contributed by atoms with Gasteiger partial charge in [-0.15, -0.1) is 0 Å². The van der Waals surface area contributed by atoms with Crippen molar-refractivity contribution in [3.05, 3.63) is 40.4 Å². The standard InChI is InChI=1S/C10H8Cl2N2O2S/c1-7(11)6-14-17(15,16)10-4-8(5-13)2-3-9(10)12/h2-4,14H,1,6H2. The van der Waals surface area contributed by atoms with Crippen molar-refractivity contribution in [3.63, 3.8) is 0 Å². The van der Waals surface area contributed by atoms with Crippen LogP contribution in [0.25, 0.3) is 0 Å². The van der Waals surface area contributed by atoms with Crippen molar-refractivity contribution >= 4 is 33.2 Å². The van der Waals surface area contributed by atoms with Gasteiger partial charge in [-0.05, 0) is 18.2 Å². The van der Waals surface area contributed by atoms with Crippen LogP contribution < -0.4 is 4.72 Å². The van der Waals surface area contributed by atoms with Gasteiger partial charge in [-0.2, -0.15) is 5.26 Å². The maximum atomic E-state index is 11.8. The SMILES string of the molecule is C=C(Cl)CNS(=O)(=O)c1cc(C#N)ccc1Cl. The molecule has 0 aromatic heterocycles. The van der Waals surface area contributed by atoms with Crippen molar-refractivity contribution in [1.29, 1.82) is 5.26 Å². The second-order valence-corrected chi connectivity index (χ2v) is 5.78. The lowest BCUT2D eigenvalue weighted by Crippen LogP contribution is -2.25. The first-order chi connectivity index (χ1) is 7.86. The molecule has 0 saturated heterocycles.